The number of aliphatic hydroxyl groups is 2. The van der Waals surface area contributed by atoms with Gasteiger partial charge < -0.3 is 20.3 Å². The lowest BCUT2D eigenvalue weighted by atomic mass is 10.1. The van der Waals surface area contributed by atoms with E-state index in [1.54, 1.807) is 0 Å². The fraction of sp³-hybridized carbons (Fsp3) is 0.643. The van der Waals surface area contributed by atoms with Crippen molar-refractivity contribution in [1.82, 2.24) is 19.5 Å². The average molecular weight is 402 g/mol. The molecular weight excluding hydrogens is 380 g/mol. The molecule has 0 spiro atoms. The van der Waals surface area contributed by atoms with Gasteiger partial charge in [-0.05, 0) is 6.42 Å². The van der Waals surface area contributed by atoms with Crippen molar-refractivity contribution in [2.24, 2.45) is 5.14 Å². The van der Waals surface area contributed by atoms with Crippen LogP contribution in [0.1, 0.15) is 26.0 Å². The Bertz CT molecular complexity index is 889. The fourth-order valence-electron chi connectivity index (χ4n) is 2.81. The molecule has 3 heterocycles. The van der Waals surface area contributed by atoms with Crippen LogP contribution in [-0.2, 0) is 19.2 Å². The van der Waals surface area contributed by atoms with Crippen molar-refractivity contribution in [2.75, 3.05) is 18.5 Å². The number of fused-ring (bicyclic) bond motifs is 1. The standard InChI is InChI=1S/C14H22N6O6S/c1-2-3-4-16-12-9-13(18-6-17-12)20(7-19-9)14-11(22)10(21)8(26-14)5-25-27(15,23)24/h6-8,10-11,14,21-22H,2-5H2,1H3,(H2,15,23,24)(H,16,17,18)/t8-,10-,11-,14-/m1/s1. The summed E-state index contributed by atoms with van der Waals surface area (Å²) < 4.78 is 33.3. The number of nitrogens with one attached hydrogen (secondary N) is 1. The molecule has 0 amide bonds. The van der Waals surface area contributed by atoms with Crippen LogP contribution in [-0.4, -0.2) is 69.6 Å². The monoisotopic (exact) mass is 402 g/mol. The van der Waals surface area contributed by atoms with E-state index in [0.717, 1.165) is 19.4 Å². The molecular formula is C14H22N6O6S. The molecule has 1 fully saturated rings. The highest BCUT2D eigenvalue weighted by molar-refractivity contribution is 7.84. The van der Waals surface area contributed by atoms with Gasteiger partial charge in [0, 0.05) is 6.54 Å². The van der Waals surface area contributed by atoms with Gasteiger partial charge in [0.1, 0.15) is 24.6 Å². The second-order valence-corrected chi connectivity index (χ2v) is 7.37. The van der Waals surface area contributed by atoms with E-state index in [9.17, 15) is 18.6 Å². The van der Waals surface area contributed by atoms with E-state index >= 15 is 0 Å². The summed E-state index contributed by atoms with van der Waals surface area (Å²) >= 11 is 0. The third-order valence-corrected chi connectivity index (χ3v) is 4.65. The van der Waals surface area contributed by atoms with Gasteiger partial charge >= 0.3 is 10.3 Å². The summed E-state index contributed by atoms with van der Waals surface area (Å²) in [7, 11) is -4.20. The zero-order valence-corrected chi connectivity index (χ0v) is 15.4. The number of nitrogens with two attached hydrogens (primary N) is 1. The van der Waals surface area contributed by atoms with Crippen LogP contribution in [0.15, 0.2) is 12.7 Å². The summed E-state index contributed by atoms with van der Waals surface area (Å²) in [4.78, 5) is 12.6. The van der Waals surface area contributed by atoms with E-state index in [0.29, 0.717) is 17.0 Å². The van der Waals surface area contributed by atoms with Crippen LogP contribution in [0.4, 0.5) is 5.82 Å². The molecule has 27 heavy (non-hydrogen) atoms. The number of anilines is 1. The van der Waals surface area contributed by atoms with Gasteiger partial charge in [0.05, 0.1) is 12.9 Å². The van der Waals surface area contributed by atoms with Crippen LogP contribution < -0.4 is 10.5 Å². The Hall–Kier alpha value is -1.90. The second kappa shape index (κ2) is 8.00. The fourth-order valence-corrected chi connectivity index (χ4v) is 3.13. The maximum atomic E-state index is 10.9. The predicted octanol–water partition coefficient (Wildman–Crippen LogP) is -1.12. The van der Waals surface area contributed by atoms with E-state index in [1.807, 2.05) is 0 Å². The molecule has 12 nitrogen and oxygen atoms in total. The minimum absolute atomic E-state index is 0.397. The molecule has 0 radical (unpaired) electrons. The lowest BCUT2D eigenvalue weighted by Gasteiger charge is -2.16. The van der Waals surface area contributed by atoms with Crippen molar-refractivity contribution < 1.29 is 27.6 Å². The summed E-state index contributed by atoms with van der Waals surface area (Å²) in [6.45, 7) is 2.27. The van der Waals surface area contributed by atoms with Crippen LogP contribution in [0.25, 0.3) is 11.2 Å². The maximum absolute atomic E-state index is 10.9. The summed E-state index contributed by atoms with van der Waals surface area (Å²) in [5.74, 6) is 0.550. The van der Waals surface area contributed by atoms with Gasteiger partial charge in [-0.15, -0.1) is 0 Å². The van der Waals surface area contributed by atoms with Gasteiger partial charge in [-0.1, -0.05) is 13.3 Å². The molecule has 3 rings (SSSR count). The number of aliphatic hydroxyl groups excluding tert-OH is 2. The lowest BCUT2D eigenvalue weighted by molar-refractivity contribution is -0.0467. The quantitative estimate of drug-likeness (QED) is 0.396. The molecule has 0 unspecified atom stereocenters. The van der Waals surface area contributed by atoms with Crippen molar-refractivity contribution in [1.29, 1.82) is 0 Å². The van der Waals surface area contributed by atoms with E-state index in [4.69, 9.17) is 9.88 Å². The summed E-state index contributed by atoms with van der Waals surface area (Å²) in [5, 5.41) is 28.4. The van der Waals surface area contributed by atoms with Gasteiger partial charge in [-0.3, -0.25) is 8.75 Å². The molecule has 1 aliphatic heterocycles. The van der Waals surface area contributed by atoms with E-state index in [2.05, 4.69) is 31.4 Å². The zero-order chi connectivity index (χ0) is 19.6. The molecule has 13 heteroatoms. The topological polar surface area (TPSA) is 175 Å². The number of hydrogen-bond donors (Lipinski definition) is 4. The minimum Gasteiger partial charge on any atom is -0.387 e. The summed E-state index contributed by atoms with van der Waals surface area (Å²) in [6.07, 6.45) is -0.0859. The molecule has 150 valence electrons. The molecule has 4 atom stereocenters. The van der Waals surface area contributed by atoms with E-state index in [1.165, 1.54) is 17.2 Å². The molecule has 0 aliphatic carbocycles. The molecule has 1 aliphatic rings. The summed E-state index contributed by atoms with van der Waals surface area (Å²) in [6, 6.07) is 0. The number of hydrogen-bond acceptors (Lipinski definition) is 10. The first kappa shape index (κ1) is 19.9. The van der Waals surface area contributed by atoms with Gasteiger partial charge in [0.15, 0.2) is 23.2 Å². The Morgan fingerprint density at radius 2 is 2.11 bits per heavy atom. The van der Waals surface area contributed by atoms with Gasteiger partial charge in [-0.2, -0.15) is 8.42 Å². The van der Waals surface area contributed by atoms with Crippen molar-refractivity contribution in [3.63, 3.8) is 0 Å². The number of imidazole rings is 1. The van der Waals surface area contributed by atoms with Crippen LogP contribution >= 0.6 is 0 Å². The van der Waals surface area contributed by atoms with Gasteiger partial charge in [-0.25, -0.2) is 20.1 Å². The van der Waals surface area contributed by atoms with Crippen LogP contribution in [0.3, 0.4) is 0 Å². The molecule has 0 aromatic carbocycles. The van der Waals surface area contributed by atoms with E-state index in [-0.39, 0.29) is 0 Å². The maximum Gasteiger partial charge on any atom is 0.333 e. The third-order valence-electron chi connectivity index (χ3n) is 4.19. The van der Waals surface area contributed by atoms with Crippen molar-refractivity contribution in [2.45, 2.75) is 44.3 Å². The molecule has 0 bridgehead atoms. The molecule has 1 saturated heterocycles. The highest BCUT2D eigenvalue weighted by Crippen LogP contribution is 2.32. The zero-order valence-electron chi connectivity index (χ0n) is 14.6. The lowest BCUT2D eigenvalue weighted by Crippen LogP contribution is -2.35. The molecule has 5 N–H and O–H groups in total. The van der Waals surface area contributed by atoms with Crippen LogP contribution in [0.2, 0.25) is 0 Å². The highest BCUT2D eigenvalue weighted by Gasteiger charge is 2.44. The number of rotatable bonds is 8. The number of nitrogens with zero attached hydrogens (tertiary/aromatic N) is 4. The number of ether oxygens (including phenoxy) is 1. The average Bonchev–Trinajstić information content (AvgIpc) is 3.16. The van der Waals surface area contributed by atoms with Gasteiger partial charge in [0.25, 0.3) is 0 Å². The van der Waals surface area contributed by atoms with Crippen molar-refractivity contribution in [3.05, 3.63) is 12.7 Å². The van der Waals surface area contributed by atoms with Gasteiger partial charge in [0.2, 0.25) is 0 Å². The largest absolute Gasteiger partial charge is 0.387 e. The van der Waals surface area contributed by atoms with Crippen LogP contribution in [0, 0.1) is 0 Å². The Balaban J connectivity index is 1.81. The first-order valence-electron chi connectivity index (χ1n) is 8.42. The Morgan fingerprint density at radius 3 is 2.81 bits per heavy atom. The normalized spacial score (nSPS) is 25.9. The molecule has 0 saturated carbocycles. The molecule has 2 aromatic heterocycles. The number of aromatic nitrogens is 4. The Labute approximate surface area is 155 Å². The Morgan fingerprint density at radius 1 is 1.33 bits per heavy atom. The molecule has 2 aromatic rings. The summed E-state index contributed by atoms with van der Waals surface area (Å²) in [5.41, 5.74) is 0.886. The SMILES string of the molecule is CCCCNc1ncnc2c1ncn2[C@@H]1O[C@H](COS(N)(=O)=O)[C@@H](O)[C@H]1O. The smallest absolute Gasteiger partial charge is 0.333 e. The first-order valence-corrected chi connectivity index (χ1v) is 9.89. The predicted molar refractivity (Wildman–Crippen MR) is 93.7 cm³/mol. The minimum atomic E-state index is -4.20. The van der Waals surface area contributed by atoms with E-state index < -0.39 is 41.5 Å². The van der Waals surface area contributed by atoms with Crippen molar-refractivity contribution >= 4 is 27.3 Å². The van der Waals surface area contributed by atoms with Crippen LogP contribution in [0.5, 0.6) is 0 Å². The number of unbranched alkanes of at least 4 members (excludes halogenated alkanes) is 1. The highest BCUT2D eigenvalue weighted by atomic mass is 32.2. The Kier molecular flexibility index (Phi) is 5.88. The first-order chi connectivity index (χ1) is 12.8. The van der Waals surface area contributed by atoms with Crippen molar-refractivity contribution in [3.8, 4) is 0 Å². The third kappa shape index (κ3) is 4.34. The second-order valence-electron chi connectivity index (χ2n) is 6.15.